The summed E-state index contributed by atoms with van der Waals surface area (Å²) in [5.41, 5.74) is 0.644. The van der Waals surface area contributed by atoms with Gasteiger partial charge in [0.1, 0.15) is 0 Å². The van der Waals surface area contributed by atoms with Gasteiger partial charge in [0.25, 0.3) is 0 Å². The summed E-state index contributed by atoms with van der Waals surface area (Å²) in [6, 6.07) is 4.98. The molecule has 0 aliphatic heterocycles. The van der Waals surface area contributed by atoms with E-state index in [9.17, 15) is 23.4 Å². The summed E-state index contributed by atoms with van der Waals surface area (Å²) in [7, 11) is 0. The minimum Gasteiger partial charge on any atom is -0.392 e. The van der Waals surface area contributed by atoms with Gasteiger partial charge in [-0.3, -0.25) is 0 Å². The summed E-state index contributed by atoms with van der Waals surface area (Å²) in [5.74, 6) is 0.444. The molecule has 0 saturated heterocycles. The van der Waals surface area contributed by atoms with E-state index in [2.05, 4.69) is 4.98 Å². The fraction of sp³-hybridized carbons (Fsp3) is 0.400. The van der Waals surface area contributed by atoms with Gasteiger partial charge in [-0.1, -0.05) is 23.9 Å². The number of halogens is 3. The van der Waals surface area contributed by atoms with E-state index >= 15 is 0 Å². The quantitative estimate of drug-likeness (QED) is 0.790. The lowest BCUT2D eigenvalue weighted by Crippen LogP contribution is -2.15. The van der Waals surface area contributed by atoms with Crippen molar-refractivity contribution in [2.24, 2.45) is 0 Å². The molecule has 2 rings (SSSR count). The summed E-state index contributed by atoms with van der Waals surface area (Å²) < 4.78 is 39.3. The molecule has 8 heteroatoms. The number of hydrogen-bond acceptors (Lipinski definition) is 4. The SMILES string of the molecule is CC(O)Cn1c(CO)cnc1SCc1ccc(C(F)(F)F)cc1. The van der Waals surface area contributed by atoms with Gasteiger partial charge in [0.15, 0.2) is 5.16 Å². The summed E-state index contributed by atoms with van der Waals surface area (Å²) in [5, 5.41) is 19.4. The van der Waals surface area contributed by atoms with Crippen LogP contribution in [0.1, 0.15) is 23.7 Å². The van der Waals surface area contributed by atoms with Gasteiger partial charge in [-0.15, -0.1) is 0 Å². The predicted molar refractivity (Wildman–Crippen MR) is 80.8 cm³/mol. The van der Waals surface area contributed by atoms with Crippen molar-refractivity contribution in [2.45, 2.75) is 43.3 Å². The fourth-order valence-corrected chi connectivity index (χ4v) is 2.99. The van der Waals surface area contributed by atoms with Crippen LogP contribution in [0.4, 0.5) is 13.2 Å². The van der Waals surface area contributed by atoms with Gasteiger partial charge in [0, 0.05) is 5.75 Å². The highest BCUT2D eigenvalue weighted by Gasteiger charge is 2.29. The van der Waals surface area contributed by atoms with Crippen LogP contribution in [0, 0.1) is 0 Å². The van der Waals surface area contributed by atoms with Crippen LogP contribution in [-0.2, 0) is 25.1 Å². The third kappa shape index (κ3) is 4.73. The first kappa shape index (κ1) is 17.8. The Morgan fingerprint density at radius 1 is 1.26 bits per heavy atom. The number of imidazole rings is 1. The van der Waals surface area contributed by atoms with E-state index in [1.807, 2.05) is 0 Å². The lowest BCUT2D eigenvalue weighted by atomic mass is 10.1. The van der Waals surface area contributed by atoms with E-state index in [1.165, 1.54) is 30.1 Å². The van der Waals surface area contributed by atoms with Gasteiger partial charge >= 0.3 is 6.18 Å². The third-order valence-electron chi connectivity index (χ3n) is 3.16. The van der Waals surface area contributed by atoms with Crippen LogP contribution in [0.25, 0.3) is 0 Å². The first-order valence-corrected chi connectivity index (χ1v) is 7.92. The van der Waals surface area contributed by atoms with Crippen LogP contribution in [-0.4, -0.2) is 25.9 Å². The summed E-state index contributed by atoms with van der Waals surface area (Å²) >= 11 is 1.34. The number of benzene rings is 1. The largest absolute Gasteiger partial charge is 0.416 e. The fourth-order valence-electron chi connectivity index (χ4n) is 2.03. The first-order chi connectivity index (χ1) is 10.8. The maximum absolute atomic E-state index is 12.5. The minimum atomic E-state index is -4.34. The van der Waals surface area contributed by atoms with Gasteiger partial charge in [-0.25, -0.2) is 4.98 Å². The van der Waals surface area contributed by atoms with E-state index in [0.717, 1.165) is 17.7 Å². The molecule has 1 aromatic carbocycles. The number of nitrogens with zero attached hydrogens (tertiary/aromatic N) is 2. The highest BCUT2D eigenvalue weighted by atomic mass is 32.2. The monoisotopic (exact) mass is 346 g/mol. The topological polar surface area (TPSA) is 58.3 Å². The Balaban J connectivity index is 2.07. The Morgan fingerprint density at radius 2 is 1.91 bits per heavy atom. The molecule has 23 heavy (non-hydrogen) atoms. The molecule has 0 amide bonds. The standard InChI is InChI=1S/C15H17F3N2O2S/c1-10(22)7-20-13(8-21)6-19-14(20)23-9-11-2-4-12(5-3-11)15(16,17)18/h2-6,10,21-22H,7-9H2,1H3. The van der Waals surface area contributed by atoms with Gasteiger partial charge in [0.2, 0.25) is 0 Å². The molecule has 0 spiro atoms. The van der Waals surface area contributed by atoms with E-state index in [1.54, 1.807) is 11.5 Å². The zero-order chi connectivity index (χ0) is 17.0. The minimum absolute atomic E-state index is 0.194. The van der Waals surface area contributed by atoms with Crippen molar-refractivity contribution in [3.8, 4) is 0 Å². The molecule has 0 radical (unpaired) electrons. The van der Waals surface area contributed by atoms with Gasteiger partial charge in [-0.05, 0) is 24.6 Å². The second-order valence-corrected chi connectivity index (χ2v) is 6.08. The Kier molecular flexibility index (Phi) is 5.72. The Morgan fingerprint density at radius 3 is 2.43 bits per heavy atom. The van der Waals surface area contributed by atoms with Crippen molar-refractivity contribution in [1.82, 2.24) is 9.55 Å². The number of thioether (sulfide) groups is 1. The lowest BCUT2D eigenvalue weighted by Gasteiger charge is -2.12. The maximum atomic E-state index is 12.5. The Bertz CT molecular complexity index is 639. The van der Waals surface area contributed by atoms with Crippen LogP contribution < -0.4 is 0 Å². The molecule has 1 heterocycles. The van der Waals surface area contributed by atoms with E-state index in [-0.39, 0.29) is 6.61 Å². The number of aliphatic hydroxyl groups excluding tert-OH is 2. The van der Waals surface area contributed by atoms with Crippen LogP contribution in [0.15, 0.2) is 35.6 Å². The lowest BCUT2D eigenvalue weighted by molar-refractivity contribution is -0.137. The number of alkyl halides is 3. The van der Waals surface area contributed by atoms with Crippen molar-refractivity contribution >= 4 is 11.8 Å². The number of hydrogen-bond donors (Lipinski definition) is 2. The average molecular weight is 346 g/mol. The highest BCUT2D eigenvalue weighted by molar-refractivity contribution is 7.98. The van der Waals surface area contributed by atoms with E-state index in [0.29, 0.717) is 23.1 Å². The number of aliphatic hydroxyl groups is 2. The van der Waals surface area contributed by atoms with Crippen molar-refractivity contribution in [3.05, 3.63) is 47.3 Å². The van der Waals surface area contributed by atoms with Crippen molar-refractivity contribution in [1.29, 1.82) is 0 Å². The molecule has 126 valence electrons. The average Bonchev–Trinajstić information content (AvgIpc) is 2.86. The third-order valence-corrected chi connectivity index (χ3v) is 4.22. The molecule has 1 aromatic heterocycles. The molecule has 0 saturated carbocycles. The summed E-state index contributed by atoms with van der Waals surface area (Å²) in [6.07, 6.45) is -3.41. The Hall–Kier alpha value is -1.51. The number of rotatable bonds is 6. The molecular weight excluding hydrogens is 329 g/mol. The van der Waals surface area contributed by atoms with Crippen LogP contribution >= 0.6 is 11.8 Å². The van der Waals surface area contributed by atoms with Crippen LogP contribution in [0.3, 0.4) is 0 Å². The van der Waals surface area contributed by atoms with Gasteiger partial charge in [0.05, 0.1) is 36.7 Å². The smallest absolute Gasteiger partial charge is 0.392 e. The predicted octanol–water partition coefficient (Wildman–Crippen LogP) is 3.07. The Labute approximate surface area is 136 Å². The van der Waals surface area contributed by atoms with Crippen molar-refractivity contribution in [3.63, 3.8) is 0 Å². The van der Waals surface area contributed by atoms with Crippen LogP contribution in [0.2, 0.25) is 0 Å². The molecule has 4 nitrogen and oxygen atoms in total. The number of aromatic nitrogens is 2. The molecule has 0 fully saturated rings. The molecule has 2 N–H and O–H groups in total. The molecule has 1 unspecified atom stereocenters. The van der Waals surface area contributed by atoms with Gasteiger partial charge in [-0.2, -0.15) is 13.2 Å². The molecule has 0 aliphatic carbocycles. The van der Waals surface area contributed by atoms with Crippen molar-refractivity contribution < 1.29 is 23.4 Å². The van der Waals surface area contributed by atoms with E-state index in [4.69, 9.17) is 0 Å². The second kappa shape index (κ2) is 7.37. The van der Waals surface area contributed by atoms with E-state index < -0.39 is 17.8 Å². The zero-order valence-electron chi connectivity index (χ0n) is 12.4. The summed E-state index contributed by atoms with van der Waals surface area (Å²) in [4.78, 5) is 4.19. The molecule has 0 bridgehead atoms. The molecular formula is C15H17F3N2O2S. The zero-order valence-corrected chi connectivity index (χ0v) is 13.2. The molecule has 0 aliphatic rings. The summed E-state index contributed by atoms with van der Waals surface area (Å²) in [6.45, 7) is 1.73. The van der Waals surface area contributed by atoms with Crippen LogP contribution in [0.5, 0.6) is 0 Å². The van der Waals surface area contributed by atoms with Crippen molar-refractivity contribution in [2.75, 3.05) is 0 Å². The maximum Gasteiger partial charge on any atom is 0.416 e. The molecule has 2 aromatic rings. The van der Waals surface area contributed by atoms with Gasteiger partial charge < -0.3 is 14.8 Å². The highest BCUT2D eigenvalue weighted by Crippen LogP contribution is 2.30. The first-order valence-electron chi connectivity index (χ1n) is 6.93. The second-order valence-electron chi connectivity index (χ2n) is 5.13. The normalized spacial score (nSPS) is 13.3. The molecule has 1 atom stereocenters.